The summed E-state index contributed by atoms with van der Waals surface area (Å²) in [5.41, 5.74) is 5.24. The maximum absolute atomic E-state index is 13.6. The third-order valence-corrected chi connectivity index (χ3v) is 16.0. The third-order valence-electron chi connectivity index (χ3n) is 10.1. The zero-order chi connectivity index (χ0) is 27.6. The van der Waals surface area contributed by atoms with E-state index in [-0.39, 0.29) is 17.0 Å². The van der Waals surface area contributed by atoms with E-state index in [9.17, 15) is 4.79 Å². The Balaban J connectivity index is 1.55. The molecule has 1 aromatic heterocycles. The Bertz CT molecular complexity index is 1570. The number of likely N-dealkylation sites (tertiary alicyclic amines) is 1. The summed E-state index contributed by atoms with van der Waals surface area (Å²) in [7, 11) is 2.22. The molecule has 2 saturated heterocycles. The molecule has 3 aliphatic heterocycles. The van der Waals surface area contributed by atoms with E-state index < -0.39 is 10.0 Å². The normalized spacial score (nSPS) is 27.6. The van der Waals surface area contributed by atoms with Gasteiger partial charge in [-0.1, -0.05) is 80.6 Å². The van der Waals surface area contributed by atoms with E-state index in [1.807, 2.05) is 0 Å². The van der Waals surface area contributed by atoms with Gasteiger partial charge < -0.3 is 14.2 Å². The summed E-state index contributed by atoms with van der Waals surface area (Å²) in [5.74, 6) is 0. The largest absolute Gasteiger partial charge is 0.453 e. The van der Waals surface area contributed by atoms with Gasteiger partial charge in [0.05, 0.1) is 11.9 Å². The summed E-state index contributed by atoms with van der Waals surface area (Å²) in [6.07, 6.45) is 5.51. The number of methoxy groups -OCH3 is 1. The van der Waals surface area contributed by atoms with Gasteiger partial charge in [0.25, 0.3) is 0 Å². The Hall–Kier alpha value is -3.38. The second kappa shape index (κ2) is 9.34. The lowest BCUT2D eigenvalue weighted by atomic mass is 9.97. The number of benzene rings is 3. The van der Waals surface area contributed by atoms with Gasteiger partial charge in [0.15, 0.2) is 0 Å². The van der Waals surface area contributed by atoms with Crippen LogP contribution < -0.4 is 4.90 Å². The van der Waals surface area contributed by atoms with Crippen LogP contribution >= 0.6 is 10.0 Å². The molecule has 6 heteroatoms. The number of anilines is 1. The molecule has 40 heavy (non-hydrogen) atoms. The number of hydrogen-bond acceptors (Lipinski definition) is 3. The molecule has 3 aromatic carbocycles. The molecule has 2 fully saturated rings. The van der Waals surface area contributed by atoms with Crippen molar-refractivity contribution in [2.45, 2.75) is 66.0 Å². The van der Waals surface area contributed by atoms with Gasteiger partial charge in [0, 0.05) is 47.8 Å². The number of carbonyl (C=O) groups is 1. The molecule has 0 radical (unpaired) electrons. The van der Waals surface area contributed by atoms with Gasteiger partial charge in [0.1, 0.15) is 6.17 Å². The second-order valence-corrected chi connectivity index (χ2v) is 16.0. The van der Waals surface area contributed by atoms with Crippen LogP contribution in [0.4, 0.5) is 10.5 Å². The van der Waals surface area contributed by atoms with Crippen molar-refractivity contribution in [1.82, 2.24) is 9.47 Å². The smallest absolute Gasteiger partial charge is 0.411 e. The second-order valence-electron chi connectivity index (χ2n) is 11.8. The predicted octanol–water partition coefficient (Wildman–Crippen LogP) is 7.63. The lowest BCUT2D eigenvalue weighted by Gasteiger charge is -2.58. The quantitative estimate of drug-likeness (QED) is 0.261. The van der Waals surface area contributed by atoms with Gasteiger partial charge in [-0.3, -0.25) is 4.90 Å². The maximum Gasteiger partial charge on any atom is 0.411 e. The molecule has 2 unspecified atom stereocenters. The molecule has 4 atom stereocenters. The van der Waals surface area contributed by atoms with Gasteiger partial charge in [-0.2, -0.15) is 10.0 Å². The van der Waals surface area contributed by atoms with Gasteiger partial charge in [-0.15, -0.1) is 0 Å². The number of fused-ring (bicyclic) bond motifs is 4. The average Bonchev–Trinajstić information content (AvgIpc) is 3.70. The molecule has 208 valence electrons. The van der Waals surface area contributed by atoms with Crippen molar-refractivity contribution in [3.05, 3.63) is 96.2 Å². The fourth-order valence-electron chi connectivity index (χ4n) is 8.64. The van der Waals surface area contributed by atoms with E-state index in [0.29, 0.717) is 17.0 Å². The van der Waals surface area contributed by atoms with E-state index in [1.54, 1.807) is 0 Å². The molecule has 4 heterocycles. The molecule has 0 bridgehead atoms. The van der Waals surface area contributed by atoms with Crippen LogP contribution in [0.15, 0.2) is 90.0 Å². The number of carbonyl (C=O) groups excluding carboxylic acids is 1. The minimum Gasteiger partial charge on any atom is -0.453 e. The molecule has 0 N–H and O–H groups in total. The van der Waals surface area contributed by atoms with Crippen LogP contribution in [0.2, 0.25) is 0 Å². The van der Waals surface area contributed by atoms with Gasteiger partial charge in [-0.05, 0) is 53.0 Å². The van der Waals surface area contributed by atoms with Crippen LogP contribution in [0.1, 0.15) is 44.2 Å². The van der Waals surface area contributed by atoms with E-state index in [0.717, 1.165) is 13.0 Å². The fraction of sp³-hybridized carbons (Fsp3) is 0.382. The van der Waals surface area contributed by atoms with Crippen LogP contribution in [0.3, 0.4) is 0 Å². The van der Waals surface area contributed by atoms with Crippen molar-refractivity contribution in [3.8, 4) is 0 Å². The Morgan fingerprint density at radius 1 is 0.950 bits per heavy atom. The van der Waals surface area contributed by atoms with Crippen molar-refractivity contribution < 1.29 is 9.53 Å². The summed E-state index contributed by atoms with van der Waals surface area (Å²) in [6, 6.07) is 28.7. The summed E-state index contributed by atoms with van der Waals surface area (Å²) < 4.78 is 7.61. The van der Waals surface area contributed by atoms with Crippen molar-refractivity contribution in [1.29, 1.82) is 0 Å². The van der Waals surface area contributed by atoms with Crippen LogP contribution in [0.25, 0.3) is 10.9 Å². The molecule has 0 saturated carbocycles. The van der Waals surface area contributed by atoms with E-state index in [2.05, 4.69) is 120 Å². The number of amides is 1. The SMILES string of the molecule is COC(=O)N1CCC2(S3(c4cn(C)c5ccccc45)[C@H](C)CC[C@H]3C)c3ccccc3N(Cc3ccccc3)C12. The van der Waals surface area contributed by atoms with E-state index in [4.69, 9.17) is 4.74 Å². The van der Waals surface area contributed by atoms with E-state index >= 15 is 0 Å². The Kier molecular flexibility index (Phi) is 5.97. The first-order valence-electron chi connectivity index (χ1n) is 14.5. The minimum atomic E-state index is -1.51. The molecular formula is C34H39N3O2S. The molecule has 3 aliphatic rings. The number of para-hydroxylation sites is 2. The monoisotopic (exact) mass is 553 g/mol. The lowest BCUT2D eigenvalue weighted by molar-refractivity contribution is 0.116. The first kappa shape index (κ1) is 25.6. The summed E-state index contributed by atoms with van der Waals surface area (Å²) in [5, 5.41) is 2.43. The fourth-order valence-corrected chi connectivity index (χ4v) is 15.6. The van der Waals surface area contributed by atoms with Crippen LogP contribution in [-0.4, -0.2) is 45.9 Å². The highest BCUT2D eigenvalue weighted by Gasteiger charge is 2.70. The van der Waals surface area contributed by atoms with Gasteiger partial charge in [-0.25, -0.2) is 4.79 Å². The van der Waals surface area contributed by atoms with E-state index in [1.165, 1.54) is 52.6 Å². The summed E-state index contributed by atoms with van der Waals surface area (Å²) in [4.78, 5) is 19.7. The Morgan fingerprint density at radius 2 is 1.62 bits per heavy atom. The van der Waals surface area contributed by atoms with Crippen LogP contribution in [0.5, 0.6) is 0 Å². The zero-order valence-electron chi connectivity index (χ0n) is 23.9. The van der Waals surface area contributed by atoms with Crippen LogP contribution in [0, 0.1) is 0 Å². The topological polar surface area (TPSA) is 37.7 Å². The van der Waals surface area contributed by atoms with Crippen molar-refractivity contribution in [2.75, 3.05) is 18.6 Å². The molecule has 7 rings (SSSR count). The third kappa shape index (κ3) is 3.20. The number of nitrogens with zero attached hydrogens (tertiary/aromatic N) is 3. The van der Waals surface area contributed by atoms with Gasteiger partial charge in [0.2, 0.25) is 0 Å². The highest BCUT2D eigenvalue weighted by Crippen LogP contribution is 2.84. The Labute approximate surface area is 239 Å². The zero-order valence-corrected chi connectivity index (χ0v) is 24.7. The number of aryl methyl sites for hydroxylation is 1. The number of rotatable bonds is 4. The summed E-state index contributed by atoms with van der Waals surface area (Å²) in [6.45, 7) is 6.48. The predicted molar refractivity (Wildman–Crippen MR) is 165 cm³/mol. The van der Waals surface area contributed by atoms with Crippen molar-refractivity contribution >= 4 is 32.7 Å². The molecule has 1 amide bonds. The molecule has 0 aliphatic carbocycles. The van der Waals surface area contributed by atoms with Gasteiger partial charge >= 0.3 is 6.09 Å². The molecule has 5 nitrogen and oxygen atoms in total. The first-order valence-corrected chi connectivity index (χ1v) is 16.3. The highest BCUT2D eigenvalue weighted by molar-refractivity contribution is 8.35. The maximum atomic E-state index is 13.6. The molecular weight excluding hydrogens is 514 g/mol. The summed E-state index contributed by atoms with van der Waals surface area (Å²) >= 11 is 0. The standard InChI is InChI=1S/C34H39N3O2S/c1-24-18-19-25(2)40(24,31-23-35(3)29-16-10-8-14-27(29)31)34-20-21-36(33(38)39-4)32(34)37(22-26-12-6-5-7-13-26)30-17-11-9-15-28(30)34/h5-17,23-25,32H,18-22H2,1-4H3/t24-,25-,32?,34?/m1/s1. The van der Waals surface area contributed by atoms with Crippen molar-refractivity contribution in [2.24, 2.45) is 7.05 Å². The number of hydrogen-bond donors (Lipinski definition) is 0. The first-order chi connectivity index (χ1) is 19.4. The molecule has 4 aromatic rings. The van der Waals surface area contributed by atoms with Crippen molar-refractivity contribution in [3.63, 3.8) is 0 Å². The number of ether oxygens (including phenoxy) is 1. The van der Waals surface area contributed by atoms with Crippen LogP contribution in [-0.2, 0) is 23.1 Å². The Morgan fingerprint density at radius 3 is 2.38 bits per heavy atom. The molecule has 0 spiro atoms. The highest BCUT2D eigenvalue weighted by atomic mass is 32.3. The average molecular weight is 554 g/mol. The minimum absolute atomic E-state index is 0.102. The lowest BCUT2D eigenvalue weighted by Crippen LogP contribution is -2.54. The number of aromatic nitrogens is 1.